The van der Waals surface area contributed by atoms with E-state index in [-0.39, 0.29) is 0 Å². The van der Waals surface area contributed by atoms with Crippen LogP contribution < -0.4 is 5.32 Å². The number of nitrogens with two attached hydrogens (primary N) is 1. The van der Waals surface area contributed by atoms with Gasteiger partial charge in [0.2, 0.25) is 11.7 Å². The molecule has 0 atom stereocenters. The zero-order valence-electron chi connectivity index (χ0n) is 7.56. The molecule has 15 heavy (non-hydrogen) atoms. The maximum Gasteiger partial charge on any atom is 0.231 e. The Balaban J connectivity index is 0.000000245. The molecule has 0 bridgehead atoms. The molecule has 0 unspecified atom stereocenters. The summed E-state index contributed by atoms with van der Waals surface area (Å²) in [6.07, 6.45) is 0. The van der Waals surface area contributed by atoms with Gasteiger partial charge >= 0.3 is 0 Å². The van der Waals surface area contributed by atoms with Crippen molar-refractivity contribution < 1.29 is 10.4 Å². The van der Waals surface area contributed by atoms with E-state index < -0.39 is 5.09 Å². The van der Waals surface area contributed by atoms with Gasteiger partial charge in [-0.25, -0.2) is 16.1 Å². The van der Waals surface area contributed by atoms with Crippen LogP contribution in [-0.2, 0) is 0 Å². The van der Waals surface area contributed by atoms with Crippen molar-refractivity contribution in [2.45, 2.75) is 0 Å². The highest BCUT2D eigenvalue weighted by Crippen LogP contribution is 2.09. The molecule has 1 aliphatic rings. The Bertz CT molecular complexity index is 393. The number of rotatable bonds is 0. The predicted octanol–water partition coefficient (Wildman–Crippen LogP) is -0.325. The van der Waals surface area contributed by atoms with E-state index in [9.17, 15) is 0 Å². The van der Waals surface area contributed by atoms with Crippen molar-refractivity contribution >= 4 is 11.7 Å². The summed E-state index contributed by atoms with van der Waals surface area (Å²) in [6, 6.07) is 7.52. The lowest BCUT2D eigenvalue weighted by molar-refractivity contribution is -0.403. The standard InChI is InChI=1S/C8H7N3.NO3/c9-7-5-3-1-2-4-6(5)8(10)11-7;2-1(3)4/h1-4H,(H3,9,10,11);/q;-1/p+1. The topological polar surface area (TPSA) is 131 Å². The molecule has 0 radical (unpaired) electrons. The first kappa shape index (κ1) is 10.8. The quantitative estimate of drug-likeness (QED) is 0.398. The number of hydrogen-bond acceptors (Lipinski definition) is 5. The fourth-order valence-corrected chi connectivity index (χ4v) is 1.25. The number of nitrogens with zero attached hydrogens (tertiary/aromatic N) is 1. The summed E-state index contributed by atoms with van der Waals surface area (Å²) in [5.41, 5.74) is 1.75. The van der Waals surface area contributed by atoms with Crippen LogP contribution in [0.4, 0.5) is 0 Å². The first-order chi connectivity index (χ1) is 7.02. The second kappa shape index (κ2) is 4.29. The Kier molecular flexibility index (Phi) is 3.09. The largest absolute Gasteiger partial charge is 0.356 e. The third kappa shape index (κ3) is 2.58. The van der Waals surface area contributed by atoms with E-state index in [1.807, 2.05) is 24.3 Å². The molecular weight excluding hydrogens is 200 g/mol. The SMILES string of the molecule is N=C1[NH2+]C(=N)c2ccccc21.O=[N+]([O-])[O-]. The van der Waals surface area contributed by atoms with Crippen LogP contribution in [0.2, 0.25) is 0 Å². The molecule has 0 spiro atoms. The van der Waals surface area contributed by atoms with Gasteiger partial charge in [-0.2, -0.15) is 0 Å². The number of nitrogen functional groups attached to an aromatic ring is 2. The number of benzene rings is 1. The van der Waals surface area contributed by atoms with E-state index in [4.69, 9.17) is 26.1 Å². The van der Waals surface area contributed by atoms with E-state index in [1.165, 1.54) is 0 Å². The minimum absolute atomic E-state index is 0.450. The molecule has 7 nitrogen and oxygen atoms in total. The smallest absolute Gasteiger partial charge is 0.231 e. The van der Waals surface area contributed by atoms with Gasteiger partial charge in [0.05, 0.1) is 16.2 Å². The highest BCUT2D eigenvalue weighted by atomic mass is 16.9. The van der Waals surface area contributed by atoms with Crippen molar-refractivity contribution in [2.24, 2.45) is 0 Å². The molecule has 1 aliphatic heterocycles. The molecule has 0 aliphatic carbocycles. The first-order valence-corrected chi connectivity index (χ1v) is 3.95. The molecule has 1 aromatic rings. The van der Waals surface area contributed by atoms with Crippen LogP contribution in [0.5, 0.6) is 0 Å². The Morgan fingerprint density at radius 1 is 1.07 bits per heavy atom. The molecule has 4 N–H and O–H groups in total. The summed E-state index contributed by atoms with van der Waals surface area (Å²) >= 11 is 0. The molecule has 0 fully saturated rings. The van der Waals surface area contributed by atoms with E-state index in [0.29, 0.717) is 11.7 Å². The second-order valence-electron chi connectivity index (χ2n) is 2.74. The maximum atomic E-state index is 8.25. The Morgan fingerprint density at radius 2 is 1.40 bits per heavy atom. The van der Waals surface area contributed by atoms with Gasteiger partial charge in [0.1, 0.15) is 0 Å². The van der Waals surface area contributed by atoms with Crippen molar-refractivity contribution in [1.29, 1.82) is 10.8 Å². The third-order valence-electron chi connectivity index (χ3n) is 1.80. The number of fused-ring (bicyclic) bond motifs is 1. The third-order valence-corrected chi connectivity index (χ3v) is 1.80. The first-order valence-electron chi connectivity index (χ1n) is 3.95. The number of quaternary nitrogens is 1. The molecule has 0 saturated carbocycles. The van der Waals surface area contributed by atoms with Gasteiger partial charge in [0.15, 0.2) is 0 Å². The molecule has 1 aromatic carbocycles. The monoisotopic (exact) mass is 208 g/mol. The van der Waals surface area contributed by atoms with Crippen LogP contribution in [0.3, 0.4) is 0 Å². The van der Waals surface area contributed by atoms with Gasteiger partial charge in [0, 0.05) is 0 Å². The highest BCUT2D eigenvalue weighted by molar-refractivity contribution is 6.12. The fraction of sp³-hybridized carbons (Fsp3) is 0. The van der Waals surface area contributed by atoms with Crippen LogP contribution in [-0.4, -0.2) is 16.8 Å². The molecule has 0 saturated heterocycles. The number of amidine groups is 2. The van der Waals surface area contributed by atoms with E-state index in [2.05, 4.69) is 0 Å². The molecule has 7 heteroatoms. The number of nitrogens with one attached hydrogen (secondary N) is 2. The Hall–Kier alpha value is -2.28. The lowest BCUT2D eigenvalue weighted by Crippen LogP contribution is -2.88. The molecule has 2 rings (SSSR count). The number of hydrogen-bond donors (Lipinski definition) is 3. The molecule has 78 valence electrons. The van der Waals surface area contributed by atoms with Crippen molar-refractivity contribution in [2.75, 3.05) is 0 Å². The zero-order valence-corrected chi connectivity index (χ0v) is 7.56. The van der Waals surface area contributed by atoms with Crippen molar-refractivity contribution in [3.8, 4) is 0 Å². The van der Waals surface area contributed by atoms with Crippen LogP contribution in [0.1, 0.15) is 11.1 Å². The normalized spacial score (nSPS) is 12.8. The summed E-state index contributed by atoms with van der Waals surface area (Å²) in [5.74, 6) is 0.899. The van der Waals surface area contributed by atoms with Gasteiger partial charge in [0.25, 0.3) is 0 Å². The lowest BCUT2D eigenvalue weighted by atomic mass is 10.1. The fourth-order valence-electron chi connectivity index (χ4n) is 1.25. The molecule has 0 aromatic heterocycles. The van der Waals surface area contributed by atoms with Crippen LogP contribution in [0.15, 0.2) is 24.3 Å². The van der Waals surface area contributed by atoms with Gasteiger partial charge in [-0.1, -0.05) is 12.1 Å². The summed E-state index contributed by atoms with van der Waals surface area (Å²) < 4.78 is 0. The zero-order chi connectivity index (χ0) is 11.4. The van der Waals surface area contributed by atoms with Crippen molar-refractivity contribution in [1.82, 2.24) is 0 Å². The van der Waals surface area contributed by atoms with E-state index in [0.717, 1.165) is 11.1 Å². The van der Waals surface area contributed by atoms with E-state index >= 15 is 0 Å². The van der Waals surface area contributed by atoms with Crippen molar-refractivity contribution in [3.63, 3.8) is 0 Å². The van der Waals surface area contributed by atoms with Gasteiger partial charge < -0.3 is 15.3 Å². The lowest BCUT2D eigenvalue weighted by Gasteiger charge is -1.87. The highest BCUT2D eigenvalue weighted by Gasteiger charge is 2.25. The van der Waals surface area contributed by atoms with Crippen LogP contribution in [0.25, 0.3) is 0 Å². The Morgan fingerprint density at radius 3 is 1.73 bits per heavy atom. The summed E-state index contributed by atoms with van der Waals surface area (Å²) in [6.45, 7) is 0. The second-order valence-corrected chi connectivity index (χ2v) is 2.74. The molecule has 1 heterocycles. The average molecular weight is 208 g/mol. The van der Waals surface area contributed by atoms with Crippen molar-refractivity contribution in [3.05, 3.63) is 50.7 Å². The minimum atomic E-state index is -1.75. The van der Waals surface area contributed by atoms with Crippen LogP contribution in [0, 0.1) is 26.1 Å². The van der Waals surface area contributed by atoms with E-state index in [1.54, 1.807) is 5.32 Å². The maximum absolute atomic E-state index is 8.25. The Labute approximate surface area is 84.5 Å². The van der Waals surface area contributed by atoms with Crippen LogP contribution >= 0.6 is 0 Å². The van der Waals surface area contributed by atoms with Gasteiger partial charge in [-0.05, 0) is 12.1 Å². The molecule has 0 amide bonds. The summed E-state index contributed by atoms with van der Waals surface area (Å²) in [7, 11) is 0. The van der Waals surface area contributed by atoms with Gasteiger partial charge in [-0.3, -0.25) is 0 Å². The van der Waals surface area contributed by atoms with Gasteiger partial charge in [-0.15, -0.1) is 0 Å². The predicted molar refractivity (Wildman–Crippen MR) is 52.4 cm³/mol. The summed E-state index contributed by atoms with van der Waals surface area (Å²) in [5, 5.41) is 31.3. The average Bonchev–Trinajstić information content (AvgIpc) is 2.43. The minimum Gasteiger partial charge on any atom is -0.356 e. The molecular formula is C8H8N4O3. The summed E-state index contributed by atoms with van der Waals surface area (Å²) in [4.78, 5) is 8.25.